The van der Waals surface area contributed by atoms with Gasteiger partial charge in [0.05, 0.1) is 12.4 Å². The third kappa shape index (κ3) is 2.10. The molecular formula is C15H22N2O3. The number of furan rings is 1. The molecule has 1 aliphatic carbocycles. The van der Waals surface area contributed by atoms with Crippen molar-refractivity contribution in [1.29, 1.82) is 0 Å². The smallest absolute Gasteiger partial charge is 0.315 e. The Kier molecular flexibility index (Phi) is 3.24. The molecule has 0 radical (unpaired) electrons. The number of hydrogen-bond donors (Lipinski definition) is 2. The molecule has 1 aromatic rings. The molecule has 0 spiro atoms. The van der Waals surface area contributed by atoms with Crippen molar-refractivity contribution in [2.75, 3.05) is 6.61 Å². The van der Waals surface area contributed by atoms with Crippen molar-refractivity contribution in [3.8, 4) is 0 Å². The second-order valence-corrected chi connectivity index (χ2v) is 6.37. The highest BCUT2D eigenvalue weighted by Gasteiger charge is 2.59. The zero-order valence-corrected chi connectivity index (χ0v) is 12.2. The van der Waals surface area contributed by atoms with Gasteiger partial charge < -0.3 is 19.8 Å². The van der Waals surface area contributed by atoms with Crippen LogP contribution in [0.5, 0.6) is 0 Å². The molecule has 1 aromatic heterocycles. The van der Waals surface area contributed by atoms with Crippen molar-refractivity contribution in [2.24, 2.45) is 11.3 Å². The average Bonchev–Trinajstić information content (AvgIpc) is 3.01. The summed E-state index contributed by atoms with van der Waals surface area (Å²) >= 11 is 0. The van der Waals surface area contributed by atoms with Crippen molar-refractivity contribution in [2.45, 2.75) is 45.9 Å². The minimum atomic E-state index is -0.117. The maximum Gasteiger partial charge on any atom is 0.315 e. The first-order valence-electron chi connectivity index (χ1n) is 7.19. The van der Waals surface area contributed by atoms with Gasteiger partial charge in [0.2, 0.25) is 0 Å². The molecule has 2 fully saturated rings. The SMILES string of the molecule is Cc1occc1CNC(=O)N[C@@H]1[C@H]2CCO[C@H]2C1(C)C. The summed E-state index contributed by atoms with van der Waals surface area (Å²) < 4.78 is 10.9. The minimum absolute atomic E-state index is 0.0179. The molecule has 0 bridgehead atoms. The first kappa shape index (κ1) is 13.5. The number of fused-ring (bicyclic) bond motifs is 1. The van der Waals surface area contributed by atoms with E-state index in [0.717, 1.165) is 24.4 Å². The van der Waals surface area contributed by atoms with Crippen LogP contribution in [0.25, 0.3) is 0 Å². The van der Waals surface area contributed by atoms with Crippen LogP contribution in [0, 0.1) is 18.3 Å². The van der Waals surface area contributed by atoms with Crippen LogP contribution in [-0.4, -0.2) is 24.8 Å². The molecule has 1 aliphatic heterocycles. The molecule has 2 heterocycles. The fourth-order valence-corrected chi connectivity index (χ4v) is 3.58. The molecule has 2 amide bonds. The number of nitrogens with one attached hydrogen (secondary N) is 2. The number of urea groups is 1. The van der Waals surface area contributed by atoms with Crippen LogP contribution in [0.2, 0.25) is 0 Å². The van der Waals surface area contributed by atoms with Crippen molar-refractivity contribution < 1.29 is 13.9 Å². The summed E-state index contributed by atoms with van der Waals surface area (Å²) in [5.74, 6) is 1.31. The number of rotatable bonds is 3. The van der Waals surface area contributed by atoms with E-state index in [-0.39, 0.29) is 17.5 Å². The standard InChI is InChI=1S/C15H22N2O3/c1-9-10(4-6-19-9)8-16-14(18)17-12-11-5-7-20-13(11)15(12,2)3/h4,6,11-13H,5,7-8H2,1-3H3,(H2,16,17,18)/t11-,12-,13-/m1/s1. The van der Waals surface area contributed by atoms with Crippen molar-refractivity contribution in [3.05, 3.63) is 23.7 Å². The van der Waals surface area contributed by atoms with E-state index in [0.29, 0.717) is 18.6 Å². The van der Waals surface area contributed by atoms with Gasteiger partial charge in [0.1, 0.15) is 5.76 Å². The Labute approximate surface area is 119 Å². The van der Waals surface area contributed by atoms with Crippen LogP contribution in [0.1, 0.15) is 31.6 Å². The first-order valence-corrected chi connectivity index (χ1v) is 7.19. The van der Waals surface area contributed by atoms with Crippen LogP contribution >= 0.6 is 0 Å². The van der Waals surface area contributed by atoms with Crippen LogP contribution in [-0.2, 0) is 11.3 Å². The van der Waals surface area contributed by atoms with E-state index in [2.05, 4.69) is 24.5 Å². The van der Waals surface area contributed by atoms with E-state index >= 15 is 0 Å². The fraction of sp³-hybridized carbons (Fsp3) is 0.667. The third-order valence-corrected chi connectivity index (χ3v) is 4.79. The van der Waals surface area contributed by atoms with E-state index in [1.54, 1.807) is 6.26 Å². The lowest BCUT2D eigenvalue weighted by molar-refractivity contribution is -0.108. The van der Waals surface area contributed by atoms with Gasteiger partial charge in [-0.3, -0.25) is 0 Å². The summed E-state index contributed by atoms with van der Waals surface area (Å²) in [6, 6.07) is 1.96. The Balaban J connectivity index is 1.53. The predicted octanol–water partition coefficient (Wildman–Crippen LogP) is 2.20. The van der Waals surface area contributed by atoms with Gasteiger partial charge in [-0.15, -0.1) is 0 Å². The van der Waals surface area contributed by atoms with Gasteiger partial charge >= 0.3 is 6.03 Å². The van der Waals surface area contributed by atoms with Crippen LogP contribution in [0.15, 0.2) is 16.7 Å². The van der Waals surface area contributed by atoms with Crippen LogP contribution < -0.4 is 10.6 Å². The van der Waals surface area contributed by atoms with E-state index in [1.807, 2.05) is 13.0 Å². The van der Waals surface area contributed by atoms with E-state index in [4.69, 9.17) is 9.15 Å². The lowest BCUT2D eigenvalue weighted by Gasteiger charge is -2.54. The second kappa shape index (κ2) is 4.81. The molecule has 5 heteroatoms. The maximum absolute atomic E-state index is 12.0. The summed E-state index contributed by atoms with van der Waals surface area (Å²) in [6.07, 6.45) is 2.98. The Morgan fingerprint density at radius 2 is 2.30 bits per heavy atom. The largest absolute Gasteiger partial charge is 0.469 e. The van der Waals surface area contributed by atoms with Crippen molar-refractivity contribution in [1.82, 2.24) is 10.6 Å². The van der Waals surface area contributed by atoms with Crippen LogP contribution in [0.4, 0.5) is 4.79 Å². The van der Waals surface area contributed by atoms with E-state index in [9.17, 15) is 4.79 Å². The number of ether oxygens (including phenoxy) is 1. The van der Waals surface area contributed by atoms with Gasteiger partial charge in [-0.25, -0.2) is 4.79 Å². The number of carbonyl (C=O) groups is 1. The molecule has 3 rings (SSSR count). The first-order chi connectivity index (χ1) is 9.50. The van der Waals surface area contributed by atoms with Crippen molar-refractivity contribution >= 4 is 6.03 Å². The topological polar surface area (TPSA) is 63.5 Å². The minimum Gasteiger partial charge on any atom is -0.469 e. The molecule has 20 heavy (non-hydrogen) atoms. The van der Waals surface area contributed by atoms with Gasteiger partial charge in [-0.2, -0.15) is 0 Å². The highest BCUT2D eigenvalue weighted by Crippen LogP contribution is 2.51. The molecule has 0 unspecified atom stereocenters. The Morgan fingerprint density at radius 1 is 1.50 bits per heavy atom. The molecule has 1 saturated heterocycles. The third-order valence-electron chi connectivity index (χ3n) is 4.79. The Morgan fingerprint density at radius 3 is 3.00 bits per heavy atom. The van der Waals surface area contributed by atoms with Gasteiger partial charge in [-0.1, -0.05) is 13.8 Å². The molecule has 0 aromatic carbocycles. The predicted molar refractivity (Wildman–Crippen MR) is 74.2 cm³/mol. The van der Waals surface area contributed by atoms with Crippen molar-refractivity contribution in [3.63, 3.8) is 0 Å². The summed E-state index contributed by atoms with van der Waals surface area (Å²) in [6.45, 7) is 7.51. The normalized spacial score (nSPS) is 30.4. The highest BCUT2D eigenvalue weighted by molar-refractivity contribution is 5.74. The summed E-state index contributed by atoms with van der Waals surface area (Å²) in [5, 5.41) is 5.99. The zero-order chi connectivity index (χ0) is 14.3. The molecular weight excluding hydrogens is 256 g/mol. The molecule has 1 saturated carbocycles. The molecule has 3 atom stereocenters. The Hall–Kier alpha value is -1.49. The number of carbonyl (C=O) groups excluding carboxylic acids is 1. The fourth-order valence-electron chi connectivity index (χ4n) is 3.58. The quantitative estimate of drug-likeness (QED) is 0.891. The van der Waals surface area contributed by atoms with Gasteiger partial charge in [0, 0.05) is 36.1 Å². The lowest BCUT2D eigenvalue weighted by Crippen LogP contribution is -2.67. The molecule has 2 N–H and O–H groups in total. The number of amides is 2. The molecule has 2 aliphatic rings. The van der Waals surface area contributed by atoms with E-state index < -0.39 is 0 Å². The van der Waals surface area contributed by atoms with Gasteiger partial charge in [-0.05, 0) is 19.4 Å². The lowest BCUT2D eigenvalue weighted by atomic mass is 9.57. The average molecular weight is 278 g/mol. The second-order valence-electron chi connectivity index (χ2n) is 6.37. The summed E-state index contributed by atoms with van der Waals surface area (Å²) in [7, 11) is 0. The molecule has 110 valence electrons. The van der Waals surface area contributed by atoms with E-state index in [1.165, 1.54) is 0 Å². The van der Waals surface area contributed by atoms with Gasteiger partial charge in [0.25, 0.3) is 0 Å². The number of aryl methyl sites for hydroxylation is 1. The highest BCUT2D eigenvalue weighted by atomic mass is 16.5. The van der Waals surface area contributed by atoms with Crippen LogP contribution in [0.3, 0.4) is 0 Å². The zero-order valence-electron chi connectivity index (χ0n) is 12.2. The van der Waals surface area contributed by atoms with Gasteiger partial charge in [0.15, 0.2) is 0 Å². The summed E-state index contributed by atoms with van der Waals surface area (Å²) in [4.78, 5) is 12.0. The maximum atomic E-state index is 12.0. The monoisotopic (exact) mass is 278 g/mol. The number of hydrogen-bond acceptors (Lipinski definition) is 3. The summed E-state index contributed by atoms with van der Waals surface area (Å²) in [5.41, 5.74) is 1.03. The Bertz CT molecular complexity index is 509. The molecule has 5 nitrogen and oxygen atoms in total.